The first-order chi connectivity index (χ1) is 12.2. The van der Waals surface area contributed by atoms with E-state index in [1.54, 1.807) is 6.07 Å². The molecule has 0 unspecified atom stereocenters. The number of sulfonamides is 1. The molecule has 2 aromatic carbocycles. The van der Waals surface area contributed by atoms with Gasteiger partial charge in [0.15, 0.2) is 0 Å². The lowest BCUT2D eigenvalue weighted by molar-refractivity contribution is 0.1000. The second-order valence-corrected chi connectivity index (χ2v) is 8.25. The summed E-state index contributed by atoms with van der Waals surface area (Å²) in [5, 5.41) is 0. The molecule has 140 valence electrons. The zero-order valence-electron chi connectivity index (χ0n) is 15.7. The highest BCUT2D eigenvalue weighted by molar-refractivity contribution is 7.92. The molecule has 1 amide bonds. The first-order valence-electron chi connectivity index (χ1n) is 8.73. The van der Waals surface area contributed by atoms with Crippen LogP contribution in [0.5, 0.6) is 0 Å². The molecule has 0 fully saturated rings. The summed E-state index contributed by atoms with van der Waals surface area (Å²) in [6.45, 7) is 7.89. The maximum Gasteiger partial charge on any atom is 0.264 e. The Morgan fingerprint density at radius 3 is 2.23 bits per heavy atom. The molecule has 0 spiro atoms. The van der Waals surface area contributed by atoms with Gasteiger partial charge in [0, 0.05) is 11.6 Å². The molecule has 0 saturated carbocycles. The summed E-state index contributed by atoms with van der Waals surface area (Å²) in [7, 11) is -3.84. The zero-order valence-corrected chi connectivity index (χ0v) is 16.5. The van der Waals surface area contributed by atoms with Crippen LogP contribution in [0, 0.1) is 13.8 Å². The molecular formula is C20H26N2O3S. The molecule has 2 rings (SSSR count). The van der Waals surface area contributed by atoms with Crippen molar-refractivity contribution < 1.29 is 13.2 Å². The molecule has 0 aliphatic carbocycles. The normalized spacial score (nSPS) is 11.6. The molecule has 2 aromatic rings. The minimum atomic E-state index is -3.84. The van der Waals surface area contributed by atoms with Gasteiger partial charge in [0.25, 0.3) is 10.0 Å². The third-order valence-electron chi connectivity index (χ3n) is 4.69. The number of hydrogen-bond donors (Lipinski definition) is 1. The number of primary amides is 1. The molecular weight excluding hydrogens is 348 g/mol. The number of aryl methyl sites for hydroxylation is 2. The minimum absolute atomic E-state index is 0.0685. The molecule has 0 aliphatic rings. The molecule has 26 heavy (non-hydrogen) atoms. The Kier molecular flexibility index (Phi) is 6.08. The quantitative estimate of drug-likeness (QED) is 0.801. The van der Waals surface area contributed by atoms with Crippen LogP contribution < -0.4 is 10.0 Å². The van der Waals surface area contributed by atoms with Crippen molar-refractivity contribution in [2.45, 2.75) is 51.5 Å². The van der Waals surface area contributed by atoms with Crippen LogP contribution in [-0.2, 0) is 10.0 Å². The van der Waals surface area contributed by atoms with E-state index in [-0.39, 0.29) is 16.5 Å². The van der Waals surface area contributed by atoms with E-state index in [1.165, 1.54) is 22.5 Å². The highest BCUT2D eigenvalue weighted by Gasteiger charge is 2.30. The lowest BCUT2D eigenvalue weighted by Crippen LogP contribution is -2.40. The van der Waals surface area contributed by atoms with Crippen molar-refractivity contribution in [1.29, 1.82) is 0 Å². The highest BCUT2D eigenvalue weighted by atomic mass is 32.2. The predicted octanol–water partition coefficient (Wildman–Crippen LogP) is 3.79. The fourth-order valence-electron chi connectivity index (χ4n) is 2.95. The van der Waals surface area contributed by atoms with Gasteiger partial charge in [0.05, 0.1) is 10.6 Å². The Morgan fingerprint density at radius 2 is 1.69 bits per heavy atom. The van der Waals surface area contributed by atoms with Gasteiger partial charge < -0.3 is 5.73 Å². The van der Waals surface area contributed by atoms with Gasteiger partial charge in [0.2, 0.25) is 5.91 Å². The number of rotatable bonds is 7. The van der Waals surface area contributed by atoms with Crippen molar-refractivity contribution >= 4 is 21.6 Å². The standard InChI is InChI=1S/C20H26N2O3S/c1-5-17(6-2)22(18-11-10-14(3)15(4)12-18)26(24,25)19-9-7-8-16(13-19)20(21)23/h7-13,17H,5-6H2,1-4H3,(H2,21,23). The van der Waals surface area contributed by atoms with E-state index in [4.69, 9.17) is 5.73 Å². The van der Waals surface area contributed by atoms with Gasteiger partial charge in [-0.15, -0.1) is 0 Å². The fourth-order valence-corrected chi connectivity index (χ4v) is 4.79. The second kappa shape index (κ2) is 7.91. The predicted molar refractivity (Wildman–Crippen MR) is 105 cm³/mol. The van der Waals surface area contributed by atoms with Crippen LogP contribution in [0.15, 0.2) is 47.4 Å². The first-order valence-corrected chi connectivity index (χ1v) is 10.2. The number of carbonyl (C=O) groups is 1. The second-order valence-electron chi connectivity index (χ2n) is 6.43. The van der Waals surface area contributed by atoms with Gasteiger partial charge in [0.1, 0.15) is 0 Å². The van der Waals surface area contributed by atoms with Crippen molar-refractivity contribution in [2.75, 3.05) is 4.31 Å². The Hall–Kier alpha value is -2.34. The fraction of sp³-hybridized carbons (Fsp3) is 0.350. The summed E-state index contributed by atoms with van der Waals surface area (Å²) in [5.74, 6) is -0.651. The average Bonchev–Trinajstić information content (AvgIpc) is 2.62. The van der Waals surface area contributed by atoms with Crippen LogP contribution in [0.25, 0.3) is 0 Å². The maximum absolute atomic E-state index is 13.4. The number of nitrogens with two attached hydrogens (primary N) is 1. The van der Waals surface area contributed by atoms with Gasteiger partial charge in [-0.2, -0.15) is 0 Å². The summed E-state index contributed by atoms with van der Waals surface area (Å²) in [6, 6.07) is 11.4. The van der Waals surface area contributed by atoms with Crippen LogP contribution in [0.4, 0.5) is 5.69 Å². The van der Waals surface area contributed by atoms with Gasteiger partial charge >= 0.3 is 0 Å². The summed E-state index contributed by atoms with van der Waals surface area (Å²) in [4.78, 5) is 11.5. The van der Waals surface area contributed by atoms with E-state index in [9.17, 15) is 13.2 Å². The molecule has 0 aliphatic heterocycles. The SMILES string of the molecule is CCC(CC)N(c1ccc(C)c(C)c1)S(=O)(=O)c1cccc(C(N)=O)c1. The lowest BCUT2D eigenvalue weighted by atomic mass is 10.1. The number of carbonyl (C=O) groups excluding carboxylic acids is 1. The minimum Gasteiger partial charge on any atom is -0.366 e. The van der Waals surface area contributed by atoms with Crippen LogP contribution in [-0.4, -0.2) is 20.4 Å². The molecule has 5 nitrogen and oxygen atoms in total. The molecule has 6 heteroatoms. The zero-order chi connectivity index (χ0) is 19.5. The van der Waals surface area contributed by atoms with E-state index in [0.29, 0.717) is 18.5 Å². The van der Waals surface area contributed by atoms with E-state index in [0.717, 1.165) is 11.1 Å². The van der Waals surface area contributed by atoms with Crippen molar-refractivity contribution in [3.8, 4) is 0 Å². The molecule has 0 heterocycles. The van der Waals surface area contributed by atoms with Crippen LogP contribution >= 0.6 is 0 Å². The lowest BCUT2D eigenvalue weighted by Gasteiger charge is -2.32. The van der Waals surface area contributed by atoms with Gasteiger partial charge in [-0.25, -0.2) is 8.42 Å². The summed E-state index contributed by atoms with van der Waals surface area (Å²) in [6.07, 6.45) is 1.36. The summed E-state index contributed by atoms with van der Waals surface area (Å²) in [5.41, 5.74) is 8.25. The number of amides is 1. The molecule has 0 radical (unpaired) electrons. The number of hydrogen-bond acceptors (Lipinski definition) is 3. The number of benzene rings is 2. The van der Waals surface area contributed by atoms with E-state index >= 15 is 0 Å². The van der Waals surface area contributed by atoms with Gasteiger partial charge in [-0.3, -0.25) is 9.10 Å². The average molecular weight is 375 g/mol. The van der Waals surface area contributed by atoms with Crippen molar-refractivity contribution in [3.63, 3.8) is 0 Å². The Bertz CT molecular complexity index is 903. The number of anilines is 1. The molecule has 0 bridgehead atoms. The smallest absolute Gasteiger partial charge is 0.264 e. The van der Waals surface area contributed by atoms with Crippen molar-refractivity contribution in [2.24, 2.45) is 5.73 Å². The Balaban J connectivity index is 2.65. The maximum atomic E-state index is 13.4. The van der Waals surface area contributed by atoms with Gasteiger partial charge in [-0.1, -0.05) is 26.0 Å². The van der Waals surface area contributed by atoms with Crippen LogP contribution in [0.1, 0.15) is 48.2 Å². The summed E-state index contributed by atoms with van der Waals surface area (Å²) >= 11 is 0. The Labute approximate surface area is 155 Å². The largest absolute Gasteiger partial charge is 0.366 e. The monoisotopic (exact) mass is 374 g/mol. The highest BCUT2D eigenvalue weighted by Crippen LogP contribution is 2.30. The third kappa shape index (κ3) is 3.90. The third-order valence-corrected chi connectivity index (χ3v) is 6.57. The van der Waals surface area contributed by atoms with E-state index in [2.05, 4.69) is 0 Å². The van der Waals surface area contributed by atoms with Crippen LogP contribution in [0.3, 0.4) is 0 Å². The molecule has 2 N–H and O–H groups in total. The Morgan fingerprint density at radius 1 is 1.04 bits per heavy atom. The molecule has 0 saturated heterocycles. The van der Waals surface area contributed by atoms with Crippen molar-refractivity contribution in [3.05, 3.63) is 59.2 Å². The molecule has 0 atom stereocenters. The summed E-state index contributed by atoms with van der Waals surface area (Å²) < 4.78 is 28.3. The van der Waals surface area contributed by atoms with E-state index in [1.807, 2.05) is 45.9 Å². The topological polar surface area (TPSA) is 80.5 Å². The molecule has 0 aromatic heterocycles. The van der Waals surface area contributed by atoms with Crippen LogP contribution in [0.2, 0.25) is 0 Å². The van der Waals surface area contributed by atoms with Crippen molar-refractivity contribution in [1.82, 2.24) is 0 Å². The first kappa shape index (κ1) is 20.0. The van der Waals surface area contributed by atoms with E-state index < -0.39 is 15.9 Å². The number of nitrogens with zero attached hydrogens (tertiary/aromatic N) is 1. The van der Waals surface area contributed by atoms with Gasteiger partial charge in [-0.05, 0) is 68.1 Å².